The molecule has 0 radical (unpaired) electrons. The minimum atomic E-state index is -3.84. The minimum absolute atomic E-state index is 0. The van der Waals surface area contributed by atoms with Gasteiger partial charge in [0.1, 0.15) is 0 Å². The first-order chi connectivity index (χ1) is 4.12. The van der Waals surface area contributed by atoms with Gasteiger partial charge in [0.2, 0.25) is 0 Å². The quantitative estimate of drug-likeness (QED) is 0.539. The number of hydrogen-bond donors (Lipinski definition) is 1. The molecule has 0 aliphatic rings. The van der Waals surface area contributed by atoms with Gasteiger partial charge in [-0.25, -0.2) is 4.18 Å². The second-order valence-electron chi connectivity index (χ2n) is 1.12. The van der Waals surface area contributed by atoms with Gasteiger partial charge in [0.25, 0.3) is 0 Å². The van der Waals surface area contributed by atoms with E-state index >= 15 is 0 Å². The third-order valence-electron chi connectivity index (χ3n) is 0.523. The van der Waals surface area contributed by atoms with Gasteiger partial charge in [-0.1, -0.05) is 0 Å². The van der Waals surface area contributed by atoms with Crippen molar-refractivity contribution in [2.45, 2.75) is 0 Å². The van der Waals surface area contributed by atoms with Crippen molar-refractivity contribution >= 4 is 61.8 Å². The Morgan fingerprint density at radius 2 is 2.00 bits per heavy atom. The van der Waals surface area contributed by atoms with E-state index in [0.29, 0.717) is 0 Å². The molecule has 0 aliphatic heterocycles. The van der Waals surface area contributed by atoms with Crippen LogP contribution in [0.1, 0.15) is 0 Å². The van der Waals surface area contributed by atoms with Crippen LogP contribution in [-0.2, 0) is 18.8 Å². The normalized spacial score (nSPS) is 10.6. The zero-order valence-corrected chi connectivity index (χ0v) is 5.72. The standard InChI is InChI=1S/C3H8O5S.K.H/c1-7-9(5,6)8-3-2-4;;/h4H,2-3H2,1H3;;. The van der Waals surface area contributed by atoms with E-state index in [-0.39, 0.29) is 64.6 Å². The zero-order valence-electron chi connectivity index (χ0n) is 4.90. The molecular formula is C3H9KO5S. The summed E-state index contributed by atoms with van der Waals surface area (Å²) in [5.41, 5.74) is 0. The second kappa shape index (κ2) is 7.13. The molecule has 0 aromatic carbocycles. The summed E-state index contributed by atoms with van der Waals surface area (Å²) in [6.45, 7) is -0.612. The maximum absolute atomic E-state index is 10.2. The van der Waals surface area contributed by atoms with Crippen LogP contribution in [0.3, 0.4) is 0 Å². The number of aliphatic hydroxyl groups is 1. The van der Waals surface area contributed by atoms with E-state index in [1.165, 1.54) is 0 Å². The van der Waals surface area contributed by atoms with Crippen LogP contribution in [-0.4, -0.2) is 85.2 Å². The molecule has 0 spiro atoms. The second-order valence-corrected chi connectivity index (χ2v) is 2.51. The van der Waals surface area contributed by atoms with E-state index < -0.39 is 10.4 Å². The third-order valence-corrected chi connectivity index (χ3v) is 1.39. The number of rotatable bonds is 4. The SMILES string of the molecule is COS(=O)(=O)OCCO.[KH]. The van der Waals surface area contributed by atoms with E-state index in [1.807, 2.05) is 0 Å². The van der Waals surface area contributed by atoms with Crippen LogP contribution in [0.4, 0.5) is 0 Å². The van der Waals surface area contributed by atoms with Gasteiger partial charge >= 0.3 is 61.8 Å². The Balaban J connectivity index is 0. The van der Waals surface area contributed by atoms with Crippen molar-refractivity contribution in [1.29, 1.82) is 0 Å². The third kappa shape index (κ3) is 7.57. The van der Waals surface area contributed by atoms with E-state index in [9.17, 15) is 8.42 Å². The van der Waals surface area contributed by atoms with Crippen molar-refractivity contribution in [3.8, 4) is 0 Å². The Kier molecular flexibility index (Phi) is 10.00. The first-order valence-electron chi connectivity index (χ1n) is 2.18. The molecule has 0 aliphatic carbocycles. The average Bonchev–Trinajstić information content (AvgIpc) is 1.84. The molecule has 0 aromatic rings. The van der Waals surface area contributed by atoms with Gasteiger partial charge in [-0.05, 0) is 0 Å². The van der Waals surface area contributed by atoms with E-state index in [2.05, 4.69) is 8.37 Å². The predicted octanol–water partition coefficient (Wildman–Crippen LogP) is -1.76. The fourth-order valence-electron chi connectivity index (χ4n) is 0.187. The van der Waals surface area contributed by atoms with Crippen molar-refractivity contribution in [2.24, 2.45) is 0 Å². The Hall–Kier alpha value is 1.47. The van der Waals surface area contributed by atoms with Crippen molar-refractivity contribution in [1.82, 2.24) is 0 Å². The van der Waals surface area contributed by atoms with Gasteiger partial charge in [-0.3, -0.25) is 4.18 Å². The molecule has 0 bridgehead atoms. The van der Waals surface area contributed by atoms with Crippen LogP contribution in [0.2, 0.25) is 0 Å². The number of hydrogen-bond acceptors (Lipinski definition) is 5. The molecule has 1 N–H and O–H groups in total. The topological polar surface area (TPSA) is 72.8 Å². The molecule has 0 atom stereocenters. The van der Waals surface area contributed by atoms with E-state index in [0.717, 1.165) is 7.11 Å². The molecule has 10 heavy (non-hydrogen) atoms. The van der Waals surface area contributed by atoms with Crippen molar-refractivity contribution < 1.29 is 21.9 Å². The van der Waals surface area contributed by atoms with Crippen LogP contribution >= 0.6 is 0 Å². The van der Waals surface area contributed by atoms with Crippen molar-refractivity contribution in [3.05, 3.63) is 0 Å². The summed E-state index contributed by atoms with van der Waals surface area (Å²) in [6, 6.07) is 0. The van der Waals surface area contributed by atoms with Crippen molar-refractivity contribution in [2.75, 3.05) is 20.3 Å². The molecule has 0 heterocycles. The van der Waals surface area contributed by atoms with Gasteiger partial charge < -0.3 is 5.11 Å². The van der Waals surface area contributed by atoms with Gasteiger partial charge in [-0.2, -0.15) is 8.42 Å². The van der Waals surface area contributed by atoms with E-state index in [4.69, 9.17) is 5.11 Å². The summed E-state index contributed by atoms with van der Waals surface area (Å²) >= 11 is 0. The molecule has 0 fully saturated rings. The summed E-state index contributed by atoms with van der Waals surface area (Å²) < 4.78 is 28.3. The summed E-state index contributed by atoms with van der Waals surface area (Å²) in [4.78, 5) is 0. The van der Waals surface area contributed by atoms with Gasteiger partial charge in [0, 0.05) is 0 Å². The summed E-state index contributed by atoms with van der Waals surface area (Å²) in [5.74, 6) is 0. The van der Waals surface area contributed by atoms with Crippen LogP contribution < -0.4 is 0 Å². The van der Waals surface area contributed by atoms with Gasteiger partial charge in [0.15, 0.2) is 0 Å². The molecule has 0 rings (SSSR count). The Morgan fingerprint density at radius 1 is 1.50 bits per heavy atom. The predicted molar refractivity (Wildman–Crippen MR) is 36.1 cm³/mol. The molecule has 5 nitrogen and oxygen atoms in total. The molecular weight excluding hydrogens is 187 g/mol. The fraction of sp³-hybridized carbons (Fsp3) is 1.00. The number of aliphatic hydroxyl groups excluding tert-OH is 1. The zero-order chi connectivity index (χ0) is 7.33. The molecule has 0 unspecified atom stereocenters. The van der Waals surface area contributed by atoms with Gasteiger partial charge in [-0.15, -0.1) is 0 Å². The first kappa shape index (κ1) is 14.0. The first-order valence-corrected chi connectivity index (χ1v) is 3.51. The molecule has 58 valence electrons. The molecule has 0 aromatic heterocycles. The summed E-state index contributed by atoms with van der Waals surface area (Å²) in [7, 11) is -2.86. The molecule has 7 heteroatoms. The monoisotopic (exact) mass is 196 g/mol. The van der Waals surface area contributed by atoms with Crippen molar-refractivity contribution in [3.63, 3.8) is 0 Å². The Labute approximate surface area is 102 Å². The average molecular weight is 196 g/mol. The summed E-state index contributed by atoms with van der Waals surface area (Å²) in [5, 5.41) is 8.08. The molecule has 0 saturated heterocycles. The van der Waals surface area contributed by atoms with Crippen LogP contribution in [0.5, 0.6) is 0 Å². The van der Waals surface area contributed by atoms with E-state index in [1.54, 1.807) is 0 Å². The van der Waals surface area contributed by atoms with Crippen LogP contribution in [0, 0.1) is 0 Å². The summed E-state index contributed by atoms with van der Waals surface area (Å²) in [6.07, 6.45) is 0. The molecule has 0 amide bonds. The van der Waals surface area contributed by atoms with Gasteiger partial charge in [0.05, 0.1) is 20.3 Å². The Morgan fingerprint density at radius 3 is 2.30 bits per heavy atom. The van der Waals surface area contributed by atoms with Crippen LogP contribution in [0.25, 0.3) is 0 Å². The molecule has 0 saturated carbocycles. The Bertz CT molecular complexity index is 152. The fourth-order valence-corrected chi connectivity index (χ4v) is 0.562. The maximum atomic E-state index is 10.2. The van der Waals surface area contributed by atoms with Crippen LogP contribution in [0.15, 0.2) is 0 Å².